The minimum atomic E-state index is 0.284. The summed E-state index contributed by atoms with van der Waals surface area (Å²) < 4.78 is 1.97. The minimum absolute atomic E-state index is 0.284. The Hall–Kier alpha value is -0.310. The number of hydrogen-bond acceptors (Lipinski definition) is 4. The zero-order chi connectivity index (χ0) is 11.8. The molecule has 3 aromatic rings. The molecular formula is C10H5ClIN3S2. The van der Waals surface area contributed by atoms with Gasteiger partial charge in [0.15, 0.2) is 5.65 Å². The number of hydrogen-bond donors (Lipinski definition) is 0. The van der Waals surface area contributed by atoms with Gasteiger partial charge in [0.25, 0.3) is 0 Å². The Morgan fingerprint density at radius 2 is 2.24 bits per heavy atom. The second kappa shape index (κ2) is 4.75. The average molecular weight is 394 g/mol. The van der Waals surface area contributed by atoms with Crippen LogP contribution in [-0.2, 0) is 0 Å². The molecule has 86 valence electrons. The molecule has 3 heterocycles. The molecule has 0 aliphatic carbocycles. The monoisotopic (exact) mass is 393 g/mol. The standard InChI is InChI=1S/C10H5ClIN3S2/c11-10-13-8(7-2-1-5-16-7)6-3-4-15(17-12)9(6)14-10/h1-5H. The van der Waals surface area contributed by atoms with Gasteiger partial charge in [0.1, 0.15) is 0 Å². The lowest BCUT2D eigenvalue weighted by Gasteiger charge is -2.02. The van der Waals surface area contributed by atoms with Crippen molar-refractivity contribution in [3.8, 4) is 10.6 Å². The van der Waals surface area contributed by atoms with Gasteiger partial charge in [0.2, 0.25) is 5.28 Å². The largest absolute Gasteiger partial charge is 0.266 e. The summed E-state index contributed by atoms with van der Waals surface area (Å²) in [6.07, 6.45) is 1.98. The molecule has 0 aliphatic heterocycles. The van der Waals surface area contributed by atoms with Crippen LogP contribution in [0.2, 0.25) is 5.28 Å². The zero-order valence-electron chi connectivity index (χ0n) is 8.30. The maximum absolute atomic E-state index is 5.98. The fourth-order valence-corrected chi connectivity index (χ4v) is 3.78. The SMILES string of the molecule is Clc1nc(-c2cccs2)c2ccn(SI)c2n1. The van der Waals surface area contributed by atoms with E-state index >= 15 is 0 Å². The second-order valence-corrected chi connectivity index (χ2v) is 6.27. The van der Waals surface area contributed by atoms with Gasteiger partial charge < -0.3 is 0 Å². The van der Waals surface area contributed by atoms with Crippen LogP contribution in [0.4, 0.5) is 0 Å². The molecule has 0 unspecified atom stereocenters. The first-order valence-electron chi connectivity index (χ1n) is 4.67. The van der Waals surface area contributed by atoms with Gasteiger partial charge in [-0.1, -0.05) is 6.07 Å². The van der Waals surface area contributed by atoms with Crippen LogP contribution in [0.5, 0.6) is 0 Å². The molecule has 3 nitrogen and oxygen atoms in total. The third-order valence-corrected chi connectivity index (χ3v) is 5.07. The first-order chi connectivity index (χ1) is 8.29. The summed E-state index contributed by atoms with van der Waals surface area (Å²) in [6, 6.07) is 6.07. The van der Waals surface area contributed by atoms with E-state index in [-0.39, 0.29) is 5.28 Å². The summed E-state index contributed by atoms with van der Waals surface area (Å²) in [7, 11) is 1.56. The van der Waals surface area contributed by atoms with Crippen molar-refractivity contribution in [2.24, 2.45) is 0 Å². The molecule has 0 saturated heterocycles. The summed E-state index contributed by atoms with van der Waals surface area (Å²) >= 11 is 9.85. The maximum Gasteiger partial charge on any atom is 0.225 e. The molecular weight excluding hydrogens is 389 g/mol. The van der Waals surface area contributed by atoms with Crippen LogP contribution < -0.4 is 0 Å². The van der Waals surface area contributed by atoms with Crippen molar-refractivity contribution in [2.75, 3.05) is 0 Å². The summed E-state index contributed by atoms with van der Waals surface area (Å²) in [5.74, 6) is 0. The summed E-state index contributed by atoms with van der Waals surface area (Å²) in [5, 5.41) is 3.34. The first-order valence-corrected chi connectivity index (χ1v) is 9.24. The smallest absolute Gasteiger partial charge is 0.225 e. The van der Waals surface area contributed by atoms with Gasteiger partial charge in [-0.3, -0.25) is 3.97 Å². The maximum atomic E-state index is 5.98. The minimum Gasteiger partial charge on any atom is -0.266 e. The molecule has 0 aromatic carbocycles. The van der Waals surface area contributed by atoms with E-state index < -0.39 is 0 Å². The van der Waals surface area contributed by atoms with Crippen LogP contribution in [0.15, 0.2) is 29.8 Å². The molecule has 7 heteroatoms. The molecule has 0 amide bonds. The van der Waals surface area contributed by atoms with Crippen molar-refractivity contribution >= 4 is 64.3 Å². The second-order valence-electron chi connectivity index (χ2n) is 3.27. The Labute approximate surface area is 123 Å². The number of fused-ring (bicyclic) bond motifs is 1. The van der Waals surface area contributed by atoms with Crippen molar-refractivity contribution < 1.29 is 0 Å². The molecule has 0 fully saturated rings. The van der Waals surface area contributed by atoms with Gasteiger partial charge in [0, 0.05) is 41.9 Å². The first kappa shape index (κ1) is 11.8. The van der Waals surface area contributed by atoms with Crippen LogP contribution in [0.3, 0.4) is 0 Å². The van der Waals surface area contributed by atoms with Crippen molar-refractivity contribution in [3.63, 3.8) is 0 Å². The topological polar surface area (TPSA) is 30.7 Å². The van der Waals surface area contributed by atoms with Crippen molar-refractivity contribution in [2.45, 2.75) is 0 Å². The van der Waals surface area contributed by atoms with Crippen molar-refractivity contribution in [1.29, 1.82) is 0 Å². The molecule has 0 aliphatic rings. The average Bonchev–Trinajstić information content (AvgIpc) is 2.96. The highest BCUT2D eigenvalue weighted by molar-refractivity contribution is 14.2. The number of halogens is 2. The molecule has 3 rings (SSSR count). The van der Waals surface area contributed by atoms with Gasteiger partial charge in [-0.05, 0) is 29.1 Å². The normalized spacial score (nSPS) is 11.2. The van der Waals surface area contributed by atoms with E-state index in [4.69, 9.17) is 11.6 Å². The predicted octanol–water partition coefficient (Wildman–Crippen LogP) is 4.66. The molecule has 0 saturated carbocycles. The third kappa shape index (κ3) is 2.07. The Morgan fingerprint density at radius 3 is 2.94 bits per heavy atom. The van der Waals surface area contributed by atoms with Gasteiger partial charge in [-0.2, -0.15) is 4.98 Å². The lowest BCUT2D eigenvalue weighted by atomic mass is 10.2. The molecule has 0 radical (unpaired) electrons. The lowest BCUT2D eigenvalue weighted by molar-refractivity contribution is 1.19. The lowest BCUT2D eigenvalue weighted by Crippen LogP contribution is -1.90. The number of rotatable bonds is 2. The van der Waals surface area contributed by atoms with Crippen LogP contribution in [-0.4, -0.2) is 13.9 Å². The summed E-state index contributed by atoms with van der Waals surface area (Å²) in [5.41, 5.74) is 1.76. The van der Waals surface area contributed by atoms with Crippen LogP contribution in [0.25, 0.3) is 21.6 Å². The Balaban J connectivity index is 2.35. The number of thiophene rings is 1. The van der Waals surface area contributed by atoms with E-state index in [1.54, 1.807) is 20.5 Å². The summed E-state index contributed by atoms with van der Waals surface area (Å²) in [4.78, 5) is 9.71. The highest BCUT2D eigenvalue weighted by Gasteiger charge is 2.13. The van der Waals surface area contributed by atoms with Crippen LogP contribution in [0.1, 0.15) is 0 Å². The third-order valence-electron chi connectivity index (χ3n) is 2.31. The molecule has 17 heavy (non-hydrogen) atoms. The van der Waals surface area contributed by atoms with Gasteiger partial charge in [-0.15, -0.1) is 11.3 Å². The van der Waals surface area contributed by atoms with Crippen molar-refractivity contribution in [3.05, 3.63) is 35.1 Å². The Bertz CT molecular complexity index is 666. The molecule has 0 bridgehead atoms. The van der Waals surface area contributed by atoms with E-state index in [9.17, 15) is 0 Å². The van der Waals surface area contributed by atoms with Gasteiger partial charge >= 0.3 is 0 Å². The molecule has 0 atom stereocenters. The highest BCUT2D eigenvalue weighted by Crippen LogP contribution is 2.33. The van der Waals surface area contributed by atoms with E-state index in [0.717, 1.165) is 21.6 Å². The van der Waals surface area contributed by atoms with Gasteiger partial charge in [-0.25, -0.2) is 4.98 Å². The number of aromatic nitrogens is 3. The quantitative estimate of drug-likeness (QED) is 0.469. The van der Waals surface area contributed by atoms with E-state index in [2.05, 4.69) is 31.2 Å². The fraction of sp³-hybridized carbons (Fsp3) is 0. The highest BCUT2D eigenvalue weighted by atomic mass is 127. The van der Waals surface area contributed by atoms with E-state index in [0.29, 0.717) is 0 Å². The van der Waals surface area contributed by atoms with Crippen LogP contribution >= 0.6 is 53.3 Å². The zero-order valence-corrected chi connectivity index (χ0v) is 12.8. The molecule has 3 aromatic heterocycles. The fourth-order valence-electron chi connectivity index (χ4n) is 1.62. The Kier molecular flexibility index (Phi) is 3.29. The van der Waals surface area contributed by atoms with Gasteiger partial charge in [0.05, 0.1) is 10.6 Å². The molecule has 0 N–H and O–H groups in total. The van der Waals surface area contributed by atoms with E-state index in [1.165, 1.54) is 0 Å². The van der Waals surface area contributed by atoms with E-state index in [1.807, 2.05) is 33.7 Å². The van der Waals surface area contributed by atoms with Crippen molar-refractivity contribution in [1.82, 2.24) is 13.9 Å². The Morgan fingerprint density at radius 1 is 1.35 bits per heavy atom. The molecule has 0 spiro atoms. The summed E-state index contributed by atoms with van der Waals surface area (Å²) in [6.45, 7) is 0. The van der Waals surface area contributed by atoms with Crippen LogP contribution in [0, 0.1) is 0 Å². The predicted molar refractivity (Wildman–Crippen MR) is 82.9 cm³/mol. The number of nitrogens with zero attached hydrogens (tertiary/aromatic N) is 3.